The molecule has 0 unspecified atom stereocenters. The monoisotopic (exact) mass is 294 g/mol. The fourth-order valence-corrected chi connectivity index (χ4v) is 1.74. The van der Waals surface area contributed by atoms with E-state index in [-0.39, 0.29) is 5.91 Å². The van der Waals surface area contributed by atoms with E-state index in [4.69, 9.17) is 4.42 Å². The summed E-state index contributed by atoms with van der Waals surface area (Å²) in [7, 11) is 0. The van der Waals surface area contributed by atoms with Gasteiger partial charge in [-0.3, -0.25) is 4.79 Å². The van der Waals surface area contributed by atoms with Crippen LogP contribution in [0.4, 0.5) is 5.69 Å². The van der Waals surface area contributed by atoms with E-state index in [1.807, 2.05) is 6.92 Å². The van der Waals surface area contributed by atoms with Crippen LogP contribution in [0.5, 0.6) is 0 Å². The molecule has 0 saturated heterocycles. The van der Waals surface area contributed by atoms with Crippen molar-refractivity contribution in [2.24, 2.45) is 0 Å². The molecule has 17 heavy (non-hydrogen) atoms. The first-order valence-electron chi connectivity index (χ1n) is 5.06. The number of pyridine rings is 1. The average Bonchev–Trinajstić information content (AvgIpc) is 2.61. The molecule has 2 heterocycles. The maximum atomic E-state index is 11.9. The molecule has 0 aliphatic carbocycles. The highest BCUT2D eigenvalue weighted by Gasteiger charge is 2.13. The number of hydrogen-bond donors (Lipinski definition) is 1. The fraction of sp³-hybridized carbons (Fsp3) is 0.167. The molecule has 0 spiro atoms. The van der Waals surface area contributed by atoms with Crippen LogP contribution in [0.1, 0.15) is 21.9 Å². The first kappa shape index (κ1) is 11.9. The molecular formula is C12H11BrN2O2. The third-order valence-electron chi connectivity index (χ3n) is 2.27. The summed E-state index contributed by atoms with van der Waals surface area (Å²) >= 11 is 3.23. The van der Waals surface area contributed by atoms with E-state index in [0.29, 0.717) is 17.0 Å². The predicted octanol–water partition coefficient (Wildman–Crippen LogP) is 3.31. The summed E-state index contributed by atoms with van der Waals surface area (Å²) in [5, 5.41) is 2.76. The van der Waals surface area contributed by atoms with Gasteiger partial charge in [0.05, 0.1) is 17.4 Å². The van der Waals surface area contributed by atoms with Gasteiger partial charge in [-0.15, -0.1) is 0 Å². The number of carbonyl (C=O) groups is 1. The molecule has 2 rings (SSSR count). The number of rotatable bonds is 2. The fourth-order valence-electron chi connectivity index (χ4n) is 1.50. The molecule has 0 bridgehead atoms. The summed E-state index contributed by atoms with van der Waals surface area (Å²) < 4.78 is 6.04. The number of aromatic nitrogens is 1. The SMILES string of the molecule is Cc1cc(C(=O)Nc2ccc(Br)nc2)c(C)o1. The molecule has 0 aromatic carbocycles. The molecule has 5 heteroatoms. The molecule has 0 radical (unpaired) electrons. The van der Waals surface area contributed by atoms with E-state index < -0.39 is 0 Å². The average molecular weight is 295 g/mol. The van der Waals surface area contributed by atoms with E-state index in [2.05, 4.69) is 26.2 Å². The minimum absolute atomic E-state index is 0.191. The van der Waals surface area contributed by atoms with Crippen molar-refractivity contribution in [3.63, 3.8) is 0 Å². The second-order valence-corrected chi connectivity index (χ2v) is 4.46. The third-order valence-corrected chi connectivity index (χ3v) is 2.74. The second-order valence-electron chi connectivity index (χ2n) is 3.65. The Morgan fingerprint density at radius 1 is 1.41 bits per heavy atom. The van der Waals surface area contributed by atoms with Gasteiger partial charge >= 0.3 is 0 Å². The van der Waals surface area contributed by atoms with Crippen LogP contribution in [0.25, 0.3) is 0 Å². The van der Waals surface area contributed by atoms with E-state index in [1.54, 1.807) is 31.3 Å². The highest BCUT2D eigenvalue weighted by Crippen LogP contribution is 2.16. The molecule has 0 fully saturated rings. The van der Waals surface area contributed by atoms with Crippen LogP contribution in [0.15, 0.2) is 33.4 Å². The standard InChI is InChI=1S/C12H11BrN2O2/c1-7-5-10(8(2)17-7)12(16)15-9-3-4-11(13)14-6-9/h3-6H,1-2H3,(H,15,16). The lowest BCUT2D eigenvalue weighted by Crippen LogP contribution is -2.12. The minimum Gasteiger partial charge on any atom is -0.466 e. The number of hydrogen-bond acceptors (Lipinski definition) is 3. The summed E-state index contributed by atoms with van der Waals surface area (Å²) in [5.41, 5.74) is 1.20. The number of carbonyl (C=O) groups excluding carboxylic acids is 1. The lowest BCUT2D eigenvalue weighted by Gasteiger charge is -2.03. The topological polar surface area (TPSA) is 55.1 Å². The molecule has 1 amide bonds. The van der Waals surface area contributed by atoms with Crippen molar-refractivity contribution in [1.29, 1.82) is 0 Å². The second kappa shape index (κ2) is 4.71. The summed E-state index contributed by atoms with van der Waals surface area (Å²) in [6.07, 6.45) is 1.59. The van der Waals surface area contributed by atoms with Crippen molar-refractivity contribution in [3.05, 3.63) is 46.1 Å². The molecule has 4 nitrogen and oxygen atoms in total. The first-order valence-corrected chi connectivity index (χ1v) is 5.85. The van der Waals surface area contributed by atoms with E-state index in [1.165, 1.54) is 0 Å². The number of halogens is 1. The van der Waals surface area contributed by atoms with Gasteiger partial charge in [-0.2, -0.15) is 0 Å². The number of anilines is 1. The lowest BCUT2D eigenvalue weighted by atomic mass is 10.2. The van der Waals surface area contributed by atoms with Crippen molar-refractivity contribution in [2.45, 2.75) is 13.8 Å². The normalized spacial score (nSPS) is 10.3. The molecule has 0 aliphatic rings. The largest absolute Gasteiger partial charge is 0.466 e. The highest BCUT2D eigenvalue weighted by molar-refractivity contribution is 9.10. The predicted molar refractivity (Wildman–Crippen MR) is 68.1 cm³/mol. The zero-order valence-electron chi connectivity index (χ0n) is 9.45. The van der Waals surface area contributed by atoms with Crippen LogP contribution in [-0.2, 0) is 0 Å². The Balaban J connectivity index is 2.17. The quantitative estimate of drug-likeness (QED) is 0.865. The van der Waals surface area contributed by atoms with Crippen LogP contribution in [0.2, 0.25) is 0 Å². The van der Waals surface area contributed by atoms with Crippen molar-refractivity contribution in [2.75, 3.05) is 5.32 Å². The van der Waals surface area contributed by atoms with Gasteiger partial charge in [-0.1, -0.05) is 0 Å². The zero-order valence-corrected chi connectivity index (χ0v) is 11.0. The minimum atomic E-state index is -0.191. The Morgan fingerprint density at radius 3 is 2.71 bits per heavy atom. The molecule has 0 saturated carbocycles. The van der Waals surface area contributed by atoms with Gasteiger partial charge in [-0.05, 0) is 48.0 Å². The molecule has 2 aromatic heterocycles. The first-order chi connectivity index (χ1) is 8.06. The van der Waals surface area contributed by atoms with Crippen LogP contribution >= 0.6 is 15.9 Å². The van der Waals surface area contributed by atoms with E-state index in [9.17, 15) is 4.79 Å². The van der Waals surface area contributed by atoms with Gasteiger partial charge < -0.3 is 9.73 Å². The smallest absolute Gasteiger partial charge is 0.259 e. The maximum absolute atomic E-state index is 11.9. The Bertz CT molecular complexity index is 546. The molecule has 2 aromatic rings. The van der Waals surface area contributed by atoms with Gasteiger partial charge in [0.25, 0.3) is 5.91 Å². The molecule has 0 aliphatic heterocycles. The van der Waals surface area contributed by atoms with Gasteiger partial charge in [0.2, 0.25) is 0 Å². The van der Waals surface area contributed by atoms with Crippen LogP contribution < -0.4 is 5.32 Å². The molecule has 0 atom stereocenters. The summed E-state index contributed by atoms with van der Waals surface area (Å²) in [6.45, 7) is 3.58. The lowest BCUT2D eigenvalue weighted by molar-refractivity contribution is 0.102. The molecular weight excluding hydrogens is 284 g/mol. The van der Waals surface area contributed by atoms with Gasteiger partial charge in [0.15, 0.2) is 0 Å². The Hall–Kier alpha value is -1.62. The Labute approximate surface area is 107 Å². The van der Waals surface area contributed by atoms with Crippen molar-refractivity contribution in [1.82, 2.24) is 4.98 Å². The van der Waals surface area contributed by atoms with Crippen LogP contribution in [-0.4, -0.2) is 10.9 Å². The Kier molecular flexibility index (Phi) is 3.28. The molecule has 88 valence electrons. The number of nitrogens with zero attached hydrogens (tertiary/aromatic N) is 1. The van der Waals surface area contributed by atoms with Gasteiger partial charge in [-0.25, -0.2) is 4.98 Å². The highest BCUT2D eigenvalue weighted by atomic mass is 79.9. The zero-order chi connectivity index (χ0) is 12.4. The maximum Gasteiger partial charge on any atom is 0.259 e. The van der Waals surface area contributed by atoms with Crippen molar-refractivity contribution >= 4 is 27.5 Å². The number of aryl methyl sites for hydroxylation is 2. The van der Waals surface area contributed by atoms with Crippen LogP contribution in [0, 0.1) is 13.8 Å². The van der Waals surface area contributed by atoms with Crippen molar-refractivity contribution < 1.29 is 9.21 Å². The van der Waals surface area contributed by atoms with E-state index >= 15 is 0 Å². The Morgan fingerprint density at radius 2 is 2.18 bits per heavy atom. The summed E-state index contributed by atoms with van der Waals surface area (Å²) in [6, 6.07) is 5.26. The van der Waals surface area contributed by atoms with Gasteiger partial charge in [0, 0.05) is 0 Å². The van der Waals surface area contributed by atoms with Crippen LogP contribution in [0.3, 0.4) is 0 Å². The molecule has 1 N–H and O–H groups in total. The van der Waals surface area contributed by atoms with E-state index in [0.717, 1.165) is 10.4 Å². The summed E-state index contributed by atoms with van der Waals surface area (Å²) in [5.74, 6) is 1.15. The van der Waals surface area contributed by atoms with Crippen molar-refractivity contribution in [3.8, 4) is 0 Å². The number of amides is 1. The summed E-state index contributed by atoms with van der Waals surface area (Å²) in [4.78, 5) is 16.0. The number of nitrogens with one attached hydrogen (secondary N) is 1. The number of furan rings is 1. The van der Waals surface area contributed by atoms with Gasteiger partial charge in [0.1, 0.15) is 16.1 Å². The third kappa shape index (κ3) is 2.74.